The Hall–Kier alpha value is 1.16. The van der Waals surface area contributed by atoms with Crippen LogP contribution < -0.4 is 23.0 Å². The van der Waals surface area contributed by atoms with Crippen LogP contribution in [0.15, 0.2) is 0 Å². The predicted octanol–water partition coefficient (Wildman–Crippen LogP) is -4.19. The Kier molecular flexibility index (Phi) is 19.9. The first kappa shape index (κ1) is 8.94. The fourth-order valence-electron chi connectivity index (χ4n) is 0. The van der Waals surface area contributed by atoms with E-state index in [1.54, 1.807) is 0 Å². The van der Waals surface area contributed by atoms with Crippen LogP contribution in [0.5, 0.6) is 0 Å². The van der Waals surface area contributed by atoms with E-state index in [4.69, 9.17) is 4.13 Å². The van der Waals surface area contributed by atoms with Gasteiger partial charge in [0, 0.05) is 0 Å². The summed E-state index contributed by atoms with van der Waals surface area (Å²) in [6.45, 7) is 0. The Balaban J connectivity index is 0. The average Bonchev–Trinajstić information content (AvgIpc) is 0.918. The van der Waals surface area contributed by atoms with E-state index >= 15 is 0 Å². The van der Waals surface area contributed by atoms with Crippen molar-refractivity contribution in [3.8, 4) is 0 Å². The van der Waals surface area contributed by atoms with E-state index < -0.39 is 14.1 Å². The van der Waals surface area contributed by atoms with Gasteiger partial charge in [-0.2, -0.15) is 0 Å². The van der Waals surface area contributed by atoms with Crippen molar-refractivity contribution in [2.75, 3.05) is 0 Å². The maximum absolute atomic E-state index is 8.90. The van der Waals surface area contributed by atoms with Crippen LogP contribution in [0.3, 0.4) is 0 Å². The van der Waals surface area contributed by atoms with Crippen LogP contribution in [-0.4, -0.2) is 14.1 Å². The molecule has 0 aliphatic carbocycles. The van der Waals surface area contributed by atoms with E-state index in [0.29, 0.717) is 0 Å². The van der Waals surface area contributed by atoms with E-state index in [1.807, 2.05) is 0 Å². The van der Waals surface area contributed by atoms with Crippen molar-refractivity contribution in [2.24, 2.45) is 0 Å². The zero-order valence-electron chi connectivity index (χ0n) is 2.39. The molecular formula is HGeLiOS. The first-order valence-corrected chi connectivity index (χ1v) is 4.90. The van der Waals surface area contributed by atoms with E-state index in [1.165, 1.54) is 0 Å². The van der Waals surface area contributed by atoms with Crippen LogP contribution in [0.1, 0.15) is 0 Å². The molecule has 0 saturated carbocycles. The van der Waals surface area contributed by atoms with Crippen molar-refractivity contribution >= 4 is 24.6 Å². The maximum atomic E-state index is 8.90. The Morgan fingerprint density at radius 1 is 1.75 bits per heavy atom. The average molecular weight is 129 g/mol. The van der Waals surface area contributed by atoms with Crippen molar-refractivity contribution in [3.63, 3.8) is 0 Å². The van der Waals surface area contributed by atoms with Crippen LogP contribution in [-0.2, 0) is 0 Å². The van der Waals surface area contributed by atoms with Crippen LogP contribution >= 0.6 is 10.5 Å². The van der Waals surface area contributed by atoms with Crippen LogP contribution in [0, 0.1) is 0 Å². The Bertz CT molecular complexity index is 15.5. The molecule has 0 heterocycles. The second kappa shape index (κ2) is 8.90. The summed E-state index contributed by atoms with van der Waals surface area (Å²) in [5.41, 5.74) is 0. The molecule has 1 nitrogen and oxygen atoms in total. The summed E-state index contributed by atoms with van der Waals surface area (Å²) in [4.78, 5) is 0. The zero-order valence-corrected chi connectivity index (χ0v) is 5.63. The summed E-state index contributed by atoms with van der Waals surface area (Å²) in [6.07, 6.45) is 0. The van der Waals surface area contributed by atoms with Gasteiger partial charge in [0.05, 0.1) is 0 Å². The number of hydrogen-bond acceptors (Lipinski definition) is 2. The van der Waals surface area contributed by atoms with Gasteiger partial charge in [-0.3, -0.25) is 0 Å². The van der Waals surface area contributed by atoms with E-state index in [0.717, 1.165) is 0 Å². The van der Waals surface area contributed by atoms with Gasteiger partial charge in [-0.25, -0.2) is 0 Å². The molecule has 4 heteroatoms. The Labute approximate surface area is 47.6 Å². The van der Waals surface area contributed by atoms with E-state index in [9.17, 15) is 0 Å². The fraction of sp³-hybridized carbons (Fsp3) is 0. The summed E-state index contributed by atoms with van der Waals surface area (Å²) in [5.74, 6) is 0. The van der Waals surface area contributed by atoms with Gasteiger partial charge in [0.2, 0.25) is 0 Å². The molecule has 0 atom stereocenters. The van der Waals surface area contributed by atoms with Crippen LogP contribution in [0.2, 0.25) is 0 Å². The molecule has 4 heavy (non-hydrogen) atoms. The van der Waals surface area contributed by atoms with Crippen molar-refractivity contribution in [2.45, 2.75) is 0 Å². The molecule has 0 aliphatic rings. The molecular weight excluding hydrogens is 128 g/mol. The number of rotatable bonds is 0. The third-order valence-electron chi connectivity index (χ3n) is 0. The molecule has 0 N–H and O–H groups in total. The Morgan fingerprint density at radius 2 is 1.75 bits per heavy atom. The van der Waals surface area contributed by atoms with Crippen molar-refractivity contribution < 1.29 is 23.0 Å². The minimum atomic E-state index is -1.35. The monoisotopic (exact) mass is 130 g/mol. The molecule has 0 aromatic heterocycles. The van der Waals surface area contributed by atoms with Crippen LogP contribution in [0.4, 0.5) is 0 Å². The SMILES string of the molecule is [Li+].[O-][GeH]=[S]. The molecule has 0 radical (unpaired) electrons. The van der Waals surface area contributed by atoms with Gasteiger partial charge < -0.3 is 0 Å². The third kappa shape index (κ3) is 11.0. The molecule has 0 aromatic carbocycles. The molecule has 0 aromatic rings. The quantitative estimate of drug-likeness (QED) is 0.309. The van der Waals surface area contributed by atoms with Gasteiger partial charge >= 0.3 is 47.6 Å². The molecule has 0 unspecified atom stereocenters. The summed E-state index contributed by atoms with van der Waals surface area (Å²) in [6, 6.07) is 0. The van der Waals surface area contributed by atoms with Gasteiger partial charge in [0.15, 0.2) is 0 Å². The summed E-state index contributed by atoms with van der Waals surface area (Å²) < 4.78 is 8.90. The van der Waals surface area contributed by atoms with Crippen molar-refractivity contribution in [3.05, 3.63) is 0 Å². The summed E-state index contributed by atoms with van der Waals surface area (Å²) in [7, 11) is 3.99. The minimum absolute atomic E-state index is 0. The Morgan fingerprint density at radius 3 is 1.75 bits per heavy atom. The van der Waals surface area contributed by atoms with Crippen molar-refractivity contribution in [1.82, 2.24) is 0 Å². The molecule has 0 bridgehead atoms. The van der Waals surface area contributed by atoms with E-state index in [-0.39, 0.29) is 18.9 Å². The molecule has 0 rings (SSSR count). The second-order valence-corrected chi connectivity index (χ2v) is 1.50. The second-order valence-electron chi connectivity index (χ2n) is 0.0962. The molecule has 0 amide bonds. The normalized spacial score (nSPS) is 3.00. The van der Waals surface area contributed by atoms with Crippen LogP contribution in [0.25, 0.3) is 0 Å². The van der Waals surface area contributed by atoms with Crippen molar-refractivity contribution in [1.29, 1.82) is 0 Å². The third-order valence-corrected chi connectivity index (χ3v) is 0. The summed E-state index contributed by atoms with van der Waals surface area (Å²) in [5, 5.41) is 0. The molecule has 0 spiro atoms. The standard InChI is InChI=1S/GeHOS.Li/c2-1-3;/h1H;/q-1;+1. The topological polar surface area (TPSA) is 23.1 Å². The molecule has 18 valence electrons. The van der Waals surface area contributed by atoms with Gasteiger partial charge in [-0.05, 0) is 0 Å². The first-order valence-electron chi connectivity index (χ1n) is 0.471. The number of hydrogen-bond donors (Lipinski definition) is 0. The predicted molar refractivity (Wildman–Crippen MR) is 14.7 cm³/mol. The van der Waals surface area contributed by atoms with Gasteiger partial charge in [0.1, 0.15) is 0 Å². The molecule has 0 saturated heterocycles. The van der Waals surface area contributed by atoms with Gasteiger partial charge in [-0.15, -0.1) is 0 Å². The summed E-state index contributed by atoms with van der Waals surface area (Å²) >= 11 is -1.35. The zero-order chi connectivity index (χ0) is 2.71. The van der Waals surface area contributed by atoms with Gasteiger partial charge in [0.25, 0.3) is 0 Å². The molecule has 0 aliphatic heterocycles. The van der Waals surface area contributed by atoms with Gasteiger partial charge in [-0.1, -0.05) is 0 Å². The first-order chi connectivity index (χ1) is 1.41. The fourth-order valence-corrected chi connectivity index (χ4v) is 0. The van der Waals surface area contributed by atoms with E-state index in [2.05, 4.69) is 10.5 Å². The molecule has 0 fully saturated rings.